The van der Waals surface area contributed by atoms with E-state index in [-0.39, 0.29) is 18.0 Å². The van der Waals surface area contributed by atoms with Gasteiger partial charge in [0.25, 0.3) is 5.91 Å². The second-order valence-corrected chi connectivity index (χ2v) is 4.32. The van der Waals surface area contributed by atoms with Gasteiger partial charge in [0.15, 0.2) is 5.69 Å². The Morgan fingerprint density at radius 3 is 2.89 bits per heavy atom. The molecule has 0 saturated heterocycles. The molecule has 0 spiro atoms. The number of aromatic nitrogens is 2. The summed E-state index contributed by atoms with van der Waals surface area (Å²) in [6.45, 7) is 0.285. The first kappa shape index (κ1) is 12.5. The summed E-state index contributed by atoms with van der Waals surface area (Å²) in [7, 11) is 0. The van der Waals surface area contributed by atoms with E-state index in [0.29, 0.717) is 4.60 Å². The van der Waals surface area contributed by atoms with Crippen molar-refractivity contribution in [3.05, 3.63) is 52.5 Å². The third kappa shape index (κ3) is 3.04. The minimum atomic E-state index is -0.445. The van der Waals surface area contributed by atoms with Crippen molar-refractivity contribution in [1.82, 2.24) is 15.3 Å². The largest absolute Gasteiger partial charge is 0.505 e. The Kier molecular flexibility index (Phi) is 3.88. The van der Waals surface area contributed by atoms with Gasteiger partial charge in [-0.15, -0.1) is 0 Å². The quantitative estimate of drug-likeness (QED) is 0.849. The molecule has 0 atom stereocenters. The van der Waals surface area contributed by atoms with Gasteiger partial charge >= 0.3 is 0 Å². The zero-order chi connectivity index (χ0) is 13.0. The lowest BCUT2D eigenvalue weighted by molar-refractivity contribution is 0.0942. The standard InChI is InChI=1S/C12H10BrN3O2/c13-10-5-4-9(17)11(16-10)12(18)15-7-8-3-1-2-6-14-8/h1-6,17H,7H2,(H,15,18). The van der Waals surface area contributed by atoms with Crippen molar-refractivity contribution >= 4 is 21.8 Å². The van der Waals surface area contributed by atoms with E-state index in [1.165, 1.54) is 6.07 Å². The molecule has 2 rings (SSSR count). The minimum absolute atomic E-state index is 0.0136. The van der Waals surface area contributed by atoms with Gasteiger partial charge < -0.3 is 10.4 Å². The van der Waals surface area contributed by atoms with Crippen LogP contribution in [-0.2, 0) is 6.54 Å². The number of amides is 1. The van der Waals surface area contributed by atoms with Crippen LogP contribution in [0, 0.1) is 0 Å². The highest BCUT2D eigenvalue weighted by Crippen LogP contribution is 2.17. The number of hydrogen-bond acceptors (Lipinski definition) is 4. The maximum Gasteiger partial charge on any atom is 0.274 e. The van der Waals surface area contributed by atoms with E-state index in [1.54, 1.807) is 24.4 Å². The van der Waals surface area contributed by atoms with Crippen LogP contribution in [0.1, 0.15) is 16.2 Å². The third-order valence-electron chi connectivity index (χ3n) is 2.21. The van der Waals surface area contributed by atoms with E-state index >= 15 is 0 Å². The summed E-state index contributed by atoms with van der Waals surface area (Å²) in [4.78, 5) is 19.8. The van der Waals surface area contributed by atoms with Gasteiger partial charge in [0.05, 0.1) is 12.2 Å². The number of aromatic hydroxyl groups is 1. The molecule has 6 heteroatoms. The lowest BCUT2D eigenvalue weighted by Gasteiger charge is -2.05. The Morgan fingerprint density at radius 1 is 1.33 bits per heavy atom. The highest BCUT2D eigenvalue weighted by molar-refractivity contribution is 9.10. The Labute approximate surface area is 112 Å². The fourth-order valence-electron chi connectivity index (χ4n) is 1.35. The average molecular weight is 308 g/mol. The van der Waals surface area contributed by atoms with Gasteiger partial charge in [0.2, 0.25) is 0 Å². The molecule has 2 aromatic heterocycles. The van der Waals surface area contributed by atoms with Crippen LogP contribution in [-0.4, -0.2) is 21.0 Å². The van der Waals surface area contributed by atoms with Gasteiger partial charge in [0.1, 0.15) is 10.4 Å². The van der Waals surface area contributed by atoms with Crippen LogP contribution in [0.4, 0.5) is 0 Å². The molecule has 2 N–H and O–H groups in total. The summed E-state index contributed by atoms with van der Waals surface area (Å²) in [5.41, 5.74) is 0.723. The Bertz CT molecular complexity index is 561. The lowest BCUT2D eigenvalue weighted by Crippen LogP contribution is -2.24. The Balaban J connectivity index is 2.06. The van der Waals surface area contributed by atoms with Crippen LogP contribution in [0.2, 0.25) is 0 Å². The lowest BCUT2D eigenvalue weighted by atomic mass is 10.3. The molecule has 18 heavy (non-hydrogen) atoms. The van der Waals surface area contributed by atoms with E-state index in [2.05, 4.69) is 31.2 Å². The highest BCUT2D eigenvalue weighted by Gasteiger charge is 2.13. The second-order valence-electron chi connectivity index (χ2n) is 3.51. The van der Waals surface area contributed by atoms with E-state index in [1.807, 2.05) is 6.07 Å². The minimum Gasteiger partial charge on any atom is -0.505 e. The van der Waals surface area contributed by atoms with Crippen molar-refractivity contribution < 1.29 is 9.90 Å². The number of pyridine rings is 2. The maximum absolute atomic E-state index is 11.8. The molecule has 5 nitrogen and oxygen atoms in total. The number of nitrogens with zero attached hydrogens (tertiary/aromatic N) is 2. The highest BCUT2D eigenvalue weighted by atomic mass is 79.9. The topological polar surface area (TPSA) is 75.1 Å². The predicted molar refractivity (Wildman–Crippen MR) is 69.0 cm³/mol. The average Bonchev–Trinajstić information content (AvgIpc) is 2.40. The number of carbonyl (C=O) groups is 1. The summed E-state index contributed by atoms with van der Waals surface area (Å²) in [5, 5.41) is 12.2. The molecule has 1 amide bonds. The zero-order valence-corrected chi connectivity index (χ0v) is 10.9. The molecule has 0 fully saturated rings. The summed E-state index contributed by atoms with van der Waals surface area (Å²) < 4.78 is 0.489. The maximum atomic E-state index is 11.8. The van der Waals surface area contributed by atoms with Crippen LogP contribution in [0.15, 0.2) is 41.1 Å². The molecular formula is C12H10BrN3O2. The van der Waals surface area contributed by atoms with Crippen molar-refractivity contribution in [2.45, 2.75) is 6.54 Å². The molecule has 2 aromatic rings. The van der Waals surface area contributed by atoms with Crippen molar-refractivity contribution in [1.29, 1.82) is 0 Å². The fourth-order valence-corrected chi connectivity index (χ4v) is 1.66. The number of hydrogen-bond donors (Lipinski definition) is 2. The normalized spacial score (nSPS) is 10.1. The predicted octanol–water partition coefficient (Wildman–Crippen LogP) is 1.87. The first-order valence-corrected chi connectivity index (χ1v) is 6.00. The second kappa shape index (κ2) is 5.59. The number of carbonyl (C=O) groups excluding carboxylic acids is 1. The van der Waals surface area contributed by atoms with E-state index in [0.717, 1.165) is 5.69 Å². The molecule has 0 bridgehead atoms. The van der Waals surface area contributed by atoms with Crippen molar-refractivity contribution in [2.75, 3.05) is 0 Å². The first-order chi connectivity index (χ1) is 8.66. The number of nitrogens with one attached hydrogen (secondary N) is 1. The van der Waals surface area contributed by atoms with Gasteiger partial charge in [0, 0.05) is 6.20 Å². The van der Waals surface area contributed by atoms with Crippen LogP contribution in [0.25, 0.3) is 0 Å². The van der Waals surface area contributed by atoms with Gasteiger partial charge in [-0.1, -0.05) is 6.07 Å². The van der Waals surface area contributed by atoms with Gasteiger partial charge in [-0.2, -0.15) is 0 Å². The molecule has 2 heterocycles. The molecule has 0 radical (unpaired) electrons. The SMILES string of the molecule is O=C(NCc1ccccn1)c1nc(Br)ccc1O. The third-order valence-corrected chi connectivity index (χ3v) is 2.65. The molecule has 0 saturated carbocycles. The number of rotatable bonds is 3. The van der Waals surface area contributed by atoms with Crippen LogP contribution >= 0.6 is 15.9 Å². The molecule has 0 aromatic carbocycles. The Hall–Kier alpha value is -1.95. The first-order valence-electron chi connectivity index (χ1n) is 5.20. The van der Waals surface area contributed by atoms with Crippen LogP contribution in [0.5, 0.6) is 5.75 Å². The van der Waals surface area contributed by atoms with Crippen molar-refractivity contribution in [3.63, 3.8) is 0 Å². The molecule has 0 unspecified atom stereocenters. The van der Waals surface area contributed by atoms with Gasteiger partial charge in [-0.25, -0.2) is 4.98 Å². The van der Waals surface area contributed by atoms with Gasteiger partial charge in [-0.05, 0) is 40.2 Å². The molecule has 0 aliphatic rings. The zero-order valence-electron chi connectivity index (χ0n) is 9.30. The van der Waals surface area contributed by atoms with Crippen LogP contribution in [0.3, 0.4) is 0 Å². The van der Waals surface area contributed by atoms with E-state index < -0.39 is 5.91 Å². The number of halogens is 1. The smallest absolute Gasteiger partial charge is 0.274 e. The molecular weight excluding hydrogens is 298 g/mol. The van der Waals surface area contributed by atoms with Gasteiger partial charge in [-0.3, -0.25) is 9.78 Å². The van der Waals surface area contributed by atoms with Crippen LogP contribution < -0.4 is 5.32 Å². The fraction of sp³-hybridized carbons (Fsp3) is 0.0833. The van der Waals surface area contributed by atoms with Crippen molar-refractivity contribution in [2.24, 2.45) is 0 Å². The van der Waals surface area contributed by atoms with E-state index in [4.69, 9.17) is 0 Å². The van der Waals surface area contributed by atoms with Crippen molar-refractivity contribution in [3.8, 4) is 5.75 Å². The summed E-state index contributed by atoms with van der Waals surface area (Å²) in [6.07, 6.45) is 1.65. The Morgan fingerprint density at radius 2 is 2.17 bits per heavy atom. The molecule has 0 aliphatic heterocycles. The summed E-state index contributed by atoms with van der Waals surface area (Å²) in [6, 6.07) is 8.41. The molecule has 0 aliphatic carbocycles. The monoisotopic (exact) mass is 307 g/mol. The summed E-state index contributed by atoms with van der Waals surface area (Å²) in [5.74, 6) is -0.601. The summed E-state index contributed by atoms with van der Waals surface area (Å²) >= 11 is 3.15. The molecule has 92 valence electrons. The van der Waals surface area contributed by atoms with E-state index in [9.17, 15) is 9.90 Å².